The van der Waals surface area contributed by atoms with E-state index >= 15 is 0 Å². The van der Waals surface area contributed by atoms with Gasteiger partial charge in [-0.05, 0) is 25.2 Å². The Morgan fingerprint density at radius 2 is 2.25 bits per heavy atom. The maximum atomic E-state index is 5.65. The Bertz CT molecular complexity index is 348. The van der Waals surface area contributed by atoms with Crippen molar-refractivity contribution < 1.29 is 0 Å². The number of hydrogen-bond donors (Lipinski definition) is 2. The van der Waals surface area contributed by atoms with Crippen LogP contribution in [0.25, 0.3) is 0 Å². The van der Waals surface area contributed by atoms with Crippen LogP contribution in [0.1, 0.15) is 25.7 Å². The van der Waals surface area contributed by atoms with Gasteiger partial charge in [0.1, 0.15) is 5.82 Å². The number of nitrogens with one attached hydrogen (secondary N) is 1. The molecule has 16 heavy (non-hydrogen) atoms. The first kappa shape index (κ1) is 11.6. The normalized spacial score (nSPS) is 18.6. The SMILES string of the molecule is CSC1(CNc2ccnc(N)c2)CCCC1. The van der Waals surface area contributed by atoms with Gasteiger partial charge in [-0.3, -0.25) is 0 Å². The third-order valence-corrected chi connectivity index (χ3v) is 4.76. The molecule has 0 atom stereocenters. The third kappa shape index (κ3) is 2.61. The molecule has 1 heterocycles. The molecule has 0 aromatic carbocycles. The summed E-state index contributed by atoms with van der Waals surface area (Å²) in [5.74, 6) is 0.578. The summed E-state index contributed by atoms with van der Waals surface area (Å²) in [5.41, 5.74) is 6.73. The Morgan fingerprint density at radius 1 is 1.50 bits per heavy atom. The lowest BCUT2D eigenvalue weighted by molar-refractivity contribution is 0.640. The molecule has 0 amide bonds. The molecule has 1 saturated carbocycles. The van der Waals surface area contributed by atoms with Gasteiger partial charge in [-0.25, -0.2) is 4.98 Å². The first-order valence-electron chi connectivity index (χ1n) is 5.75. The predicted molar refractivity (Wildman–Crippen MR) is 71.9 cm³/mol. The molecule has 4 heteroatoms. The largest absolute Gasteiger partial charge is 0.384 e. The minimum atomic E-state index is 0.429. The molecular weight excluding hydrogens is 218 g/mol. The zero-order valence-corrected chi connectivity index (χ0v) is 10.5. The van der Waals surface area contributed by atoms with Gasteiger partial charge < -0.3 is 11.1 Å². The molecule has 2 rings (SSSR count). The lowest BCUT2D eigenvalue weighted by atomic mass is 10.1. The molecule has 1 fully saturated rings. The van der Waals surface area contributed by atoms with Crippen molar-refractivity contribution in [1.82, 2.24) is 4.98 Å². The van der Waals surface area contributed by atoms with Crippen LogP contribution in [0.4, 0.5) is 11.5 Å². The Hall–Kier alpha value is -0.900. The monoisotopic (exact) mass is 237 g/mol. The van der Waals surface area contributed by atoms with Gasteiger partial charge in [0.2, 0.25) is 0 Å². The van der Waals surface area contributed by atoms with Gasteiger partial charge in [0, 0.05) is 29.2 Å². The molecule has 1 aromatic rings. The molecular formula is C12H19N3S. The summed E-state index contributed by atoms with van der Waals surface area (Å²) in [6, 6.07) is 3.86. The quantitative estimate of drug-likeness (QED) is 0.845. The number of aromatic nitrogens is 1. The first-order valence-corrected chi connectivity index (χ1v) is 6.97. The van der Waals surface area contributed by atoms with E-state index in [1.165, 1.54) is 25.7 Å². The van der Waals surface area contributed by atoms with Gasteiger partial charge in [-0.2, -0.15) is 11.8 Å². The predicted octanol–water partition coefficient (Wildman–Crippen LogP) is 2.75. The maximum Gasteiger partial charge on any atom is 0.125 e. The zero-order chi connectivity index (χ0) is 11.4. The molecule has 3 N–H and O–H groups in total. The van der Waals surface area contributed by atoms with Gasteiger partial charge in [0.15, 0.2) is 0 Å². The summed E-state index contributed by atoms with van der Waals surface area (Å²) >= 11 is 1.99. The van der Waals surface area contributed by atoms with Crippen LogP contribution in [-0.2, 0) is 0 Å². The highest BCUT2D eigenvalue weighted by molar-refractivity contribution is 8.00. The zero-order valence-electron chi connectivity index (χ0n) is 9.70. The highest BCUT2D eigenvalue weighted by Crippen LogP contribution is 2.40. The number of anilines is 2. The van der Waals surface area contributed by atoms with E-state index in [-0.39, 0.29) is 0 Å². The number of nitrogens with two attached hydrogens (primary N) is 1. The molecule has 0 aliphatic heterocycles. The number of nitrogen functional groups attached to an aromatic ring is 1. The fraction of sp³-hybridized carbons (Fsp3) is 0.583. The Kier molecular flexibility index (Phi) is 3.59. The third-order valence-electron chi connectivity index (χ3n) is 3.34. The van der Waals surface area contributed by atoms with E-state index in [9.17, 15) is 0 Å². The average Bonchev–Trinajstić information content (AvgIpc) is 2.76. The lowest BCUT2D eigenvalue weighted by Gasteiger charge is -2.27. The number of thioether (sulfide) groups is 1. The van der Waals surface area contributed by atoms with Crippen molar-refractivity contribution in [3.8, 4) is 0 Å². The second kappa shape index (κ2) is 4.95. The molecule has 0 radical (unpaired) electrons. The summed E-state index contributed by atoms with van der Waals surface area (Å²) < 4.78 is 0.429. The fourth-order valence-corrected chi connectivity index (χ4v) is 3.21. The van der Waals surface area contributed by atoms with Crippen LogP contribution in [0.15, 0.2) is 18.3 Å². The highest BCUT2D eigenvalue weighted by atomic mass is 32.2. The minimum absolute atomic E-state index is 0.429. The van der Waals surface area contributed by atoms with E-state index in [1.807, 2.05) is 23.9 Å². The smallest absolute Gasteiger partial charge is 0.125 e. The topological polar surface area (TPSA) is 50.9 Å². The molecule has 3 nitrogen and oxygen atoms in total. The van der Waals surface area contributed by atoms with E-state index in [1.54, 1.807) is 6.20 Å². The molecule has 1 aliphatic carbocycles. The van der Waals surface area contributed by atoms with Crippen molar-refractivity contribution in [2.24, 2.45) is 0 Å². The second-order valence-corrected chi connectivity index (χ2v) is 5.69. The highest BCUT2D eigenvalue weighted by Gasteiger charge is 2.32. The Labute approximate surface area is 101 Å². The summed E-state index contributed by atoms with van der Waals surface area (Å²) in [4.78, 5) is 3.99. The van der Waals surface area contributed by atoms with Gasteiger partial charge in [0.25, 0.3) is 0 Å². The van der Waals surface area contributed by atoms with Crippen LogP contribution in [0.3, 0.4) is 0 Å². The van der Waals surface area contributed by atoms with Crippen molar-refractivity contribution in [2.45, 2.75) is 30.4 Å². The fourth-order valence-electron chi connectivity index (χ4n) is 2.29. The van der Waals surface area contributed by atoms with Gasteiger partial charge in [0.05, 0.1) is 0 Å². The van der Waals surface area contributed by atoms with Crippen molar-refractivity contribution in [1.29, 1.82) is 0 Å². The van der Waals surface area contributed by atoms with Crippen LogP contribution in [0.2, 0.25) is 0 Å². The van der Waals surface area contributed by atoms with Crippen LogP contribution in [-0.4, -0.2) is 22.5 Å². The molecule has 0 spiro atoms. The van der Waals surface area contributed by atoms with E-state index in [2.05, 4.69) is 16.6 Å². The second-order valence-electron chi connectivity index (χ2n) is 4.42. The molecule has 0 unspecified atom stereocenters. The average molecular weight is 237 g/mol. The van der Waals surface area contributed by atoms with Gasteiger partial charge in [-0.15, -0.1) is 0 Å². The minimum Gasteiger partial charge on any atom is -0.384 e. The van der Waals surface area contributed by atoms with Crippen LogP contribution < -0.4 is 11.1 Å². The van der Waals surface area contributed by atoms with Crippen molar-refractivity contribution in [2.75, 3.05) is 23.9 Å². The number of nitrogens with zero attached hydrogens (tertiary/aromatic N) is 1. The van der Waals surface area contributed by atoms with E-state index in [0.29, 0.717) is 10.6 Å². The Morgan fingerprint density at radius 3 is 2.88 bits per heavy atom. The van der Waals surface area contributed by atoms with Crippen LogP contribution in [0, 0.1) is 0 Å². The van der Waals surface area contributed by atoms with Crippen molar-refractivity contribution in [3.05, 3.63) is 18.3 Å². The molecule has 1 aromatic heterocycles. The van der Waals surface area contributed by atoms with E-state index < -0.39 is 0 Å². The molecule has 0 bridgehead atoms. The van der Waals surface area contributed by atoms with Crippen molar-refractivity contribution in [3.63, 3.8) is 0 Å². The summed E-state index contributed by atoms with van der Waals surface area (Å²) in [5, 5.41) is 3.48. The van der Waals surface area contributed by atoms with Gasteiger partial charge in [-0.1, -0.05) is 12.8 Å². The summed E-state index contributed by atoms with van der Waals surface area (Å²) in [7, 11) is 0. The lowest BCUT2D eigenvalue weighted by Crippen LogP contribution is -2.30. The van der Waals surface area contributed by atoms with E-state index in [4.69, 9.17) is 5.73 Å². The molecule has 1 aliphatic rings. The van der Waals surface area contributed by atoms with Crippen LogP contribution in [0.5, 0.6) is 0 Å². The molecule has 0 saturated heterocycles. The first-order chi connectivity index (χ1) is 7.74. The number of hydrogen-bond acceptors (Lipinski definition) is 4. The Balaban J connectivity index is 1.95. The van der Waals surface area contributed by atoms with E-state index in [0.717, 1.165) is 12.2 Å². The number of pyridine rings is 1. The summed E-state index contributed by atoms with van der Waals surface area (Å²) in [6.45, 7) is 1.03. The number of rotatable bonds is 4. The standard InChI is InChI=1S/C12H19N3S/c1-16-12(5-2-3-6-12)9-15-10-4-7-14-11(13)8-10/h4,7-8H,2-3,5-6,9H2,1H3,(H3,13,14,15). The molecule has 88 valence electrons. The summed E-state index contributed by atoms with van der Waals surface area (Å²) in [6.07, 6.45) is 9.33. The van der Waals surface area contributed by atoms with Gasteiger partial charge >= 0.3 is 0 Å². The maximum absolute atomic E-state index is 5.65. The van der Waals surface area contributed by atoms with Crippen LogP contribution >= 0.6 is 11.8 Å². The van der Waals surface area contributed by atoms with Crippen molar-refractivity contribution >= 4 is 23.3 Å².